The maximum Gasteiger partial charge on any atom is 0.296 e. The van der Waals surface area contributed by atoms with E-state index in [1.165, 1.54) is 0 Å². The van der Waals surface area contributed by atoms with E-state index in [0.717, 1.165) is 6.42 Å². The van der Waals surface area contributed by atoms with E-state index in [4.69, 9.17) is 15.2 Å². The van der Waals surface area contributed by atoms with Crippen LogP contribution in [0.5, 0.6) is 5.75 Å². The molecule has 0 aliphatic carbocycles. The number of carbonyl (C=O) groups excluding carboxylic acids is 1. The van der Waals surface area contributed by atoms with Crippen LogP contribution in [0.2, 0.25) is 0 Å². The summed E-state index contributed by atoms with van der Waals surface area (Å²) in [6.45, 7) is 2.67. The fraction of sp³-hybridized carbons (Fsp3) is 0.333. The van der Waals surface area contributed by atoms with Crippen molar-refractivity contribution in [1.29, 1.82) is 0 Å². The van der Waals surface area contributed by atoms with E-state index in [0.29, 0.717) is 17.9 Å². The van der Waals surface area contributed by atoms with Crippen LogP contribution in [0, 0.1) is 0 Å². The van der Waals surface area contributed by atoms with Crippen LogP contribution in [0.25, 0.3) is 0 Å². The smallest absolute Gasteiger partial charge is 0.296 e. The van der Waals surface area contributed by atoms with E-state index < -0.39 is 6.10 Å². The van der Waals surface area contributed by atoms with Gasteiger partial charge in [0.05, 0.1) is 6.61 Å². The second kappa shape index (κ2) is 4.86. The van der Waals surface area contributed by atoms with Gasteiger partial charge in [-0.2, -0.15) is 4.99 Å². The summed E-state index contributed by atoms with van der Waals surface area (Å²) in [5.41, 5.74) is 6.05. The lowest BCUT2D eigenvalue weighted by atomic mass is 10.1. The molecule has 1 unspecified atom stereocenters. The number of amides is 1. The van der Waals surface area contributed by atoms with Crippen LogP contribution in [0.3, 0.4) is 0 Å². The highest BCUT2D eigenvalue weighted by molar-refractivity contribution is 5.98. The summed E-state index contributed by atoms with van der Waals surface area (Å²) in [7, 11) is 0. The van der Waals surface area contributed by atoms with Crippen molar-refractivity contribution < 1.29 is 14.3 Å². The quantitative estimate of drug-likeness (QED) is 0.854. The summed E-state index contributed by atoms with van der Waals surface area (Å²) in [6.07, 6.45) is 0.194. The SMILES string of the molecule is CCCOc1cccc(C2OC(N)=NC2=O)c1. The van der Waals surface area contributed by atoms with Crippen LogP contribution in [0.15, 0.2) is 29.3 Å². The minimum absolute atomic E-state index is 0.0834. The van der Waals surface area contributed by atoms with Gasteiger partial charge in [-0.15, -0.1) is 0 Å². The molecule has 17 heavy (non-hydrogen) atoms. The zero-order chi connectivity index (χ0) is 12.3. The number of carbonyl (C=O) groups is 1. The fourth-order valence-corrected chi connectivity index (χ4v) is 1.56. The van der Waals surface area contributed by atoms with Gasteiger partial charge in [-0.05, 0) is 18.6 Å². The van der Waals surface area contributed by atoms with Crippen LogP contribution >= 0.6 is 0 Å². The molecule has 5 heteroatoms. The van der Waals surface area contributed by atoms with E-state index in [-0.39, 0.29) is 11.9 Å². The molecule has 1 heterocycles. The standard InChI is InChI=1S/C12H14N2O3/c1-2-6-16-9-5-3-4-8(7-9)10-11(15)14-12(13)17-10/h3-5,7,10H,2,6H2,1H3,(H2,13,14,15). The molecular formula is C12H14N2O3. The van der Waals surface area contributed by atoms with Gasteiger partial charge in [-0.3, -0.25) is 4.79 Å². The van der Waals surface area contributed by atoms with E-state index in [2.05, 4.69) is 4.99 Å². The third-order valence-corrected chi connectivity index (χ3v) is 2.32. The van der Waals surface area contributed by atoms with Crippen molar-refractivity contribution in [2.45, 2.75) is 19.4 Å². The summed E-state index contributed by atoms with van der Waals surface area (Å²) >= 11 is 0. The number of nitrogens with two attached hydrogens (primary N) is 1. The molecule has 0 spiro atoms. The van der Waals surface area contributed by atoms with Gasteiger partial charge in [0, 0.05) is 5.56 Å². The van der Waals surface area contributed by atoms with Crippen molar-refractivity contribution in [2.24, 2.45) is 10.7 Å². The number of ether oxygens (including phenoxy) is 2. The Hall–Kier alpha value is -2.04. The van der Waals surface area contributed by atoms with Crippen LogP contribution < -0.4 is 10.5 Å². The Bertz CT molecular complexity index is 457. The predicted octanol–water partition coefficient (Wildman–Crippen LogP) is 1.39. The van der Waals surface area contributed by atoms with Gasteiger partial charge in [0.2, 0.25) is 6.10 Å². The van der Waals surface area contributed by atoms with Crippen molar-refractivity contribution in [1.82, 2.24) is 0 Å². The van der Waals surface area contributed by atoms with Gasteiger partial charge in [0.1, 0.15) is 5.75 Å². The minimum Gasteiger partial charge on any atom is -0.494 e. The Labute approximate surface area is 99.2 Å². The number of hydrogen-bond donors (Lipinski definition) is 1. The molecule has 90 valence electrons. The summed E-state index contributed by atoms with van der Waals surface area (Å²) in [5, 5.41) is 0. The Morgan fingerprint density at radius 3 is 3.00 bits per heavy atom. The Kier molecular flexibility index (Phi) is 3.27. The first-order chi connectivity index (χ1) is 8.20. The maximum atomic E-state index is 11.5. The van der Waals surface area contributed by atoms with Crippen molar-refractivity contribution in [3.05, 3.63) is 29.8 Å². The molecule has 2 rings (SSSR count). The van der Waals surface area contributed by atoms with Crippen LogP contribution in [-0.4, -0.2) is 18.5 Å². The maximum absolute atomic E-state index is 11.5. The van der Waals surface area contributed by atoms with Crippen molar-refractivity contribution >= 4 is 11.9 Å². The van der Waals surface area contributed by atoms with Gasteiger partial charge in [0.15, 0.2) is 0 Å². The summed E-state index contributed by atoms with van der Waals surface area (Å²) in [6, 6.07) is 7.12. The topological polar surface area (TPSA) is 73.9 Å². The number of rotatable bonds is 4. The molecule has 1 aromatic carbocycles. The van der Waals surface area contributed by atoms with Crippen molar-refractivity contribution in [3.8, 4) is 5.75 Å². The highest BCUT2D eigenvalue weighted by Gasteiger charge is 2.29. The average Bonchev–Trinajstić information content (AvgIpc) is 2.66. The lowest BCUT2D eigenvalue weighted by molar-refractivity contribution is -0.122. The molecule has 1 amide bonds. The molecule has 1 aliphatic heterocycles. The normalized spacial score (nSPS) is 18.8. The van der Waals surface area contributed by atoms with Crippen LogP contribution in [-0.2, 0) is 9.53 Å². The van der Waals surface area contributed by atoms with Gasteiger partial charge in [0.25, 0.3) is 11.9 Å². The molecule has 0 radical (unpaired) electrons. The number of benzene rings is 1. The third-order valence-electron chi connectivity index (χ3n) is 2.32. The van der Waals surface area contributed by atoms with Gasteiger partial charge in [-0.25, -0.2) is 0 Å². The molecule has 0 saturated heterocycles. The monoisotopic (exact) mass is 234 g/mol. The molecule has 0 bridgehead atoms. The van der Waals surface area contributed by atoms with Crippen molar-refractivity contribution in [2.75, 3.05) is 6.61 Å². The Morgan fingerprint density at radius 2 is 2.35 bits per heavy atom. The van der Waals surface area contributed by atoms with Crippen LogP contribution in [0.4, 0.5) is 0 Å². The van der Waals surface area contributed by atoms with Gasteiger partial charge >= 0.3 is 0 Å². The molecule has 0 saturated carbocycles. The number of hydrogen-bond acceptors (Lipinski definition) is 4. The minimum atomic E-state index is -0.736. The molecule has 0 aromatic heterocycles. The summed E-state index contributed by atoms with van der Waals surface area (Å²) in [5.74, 6) is 0.335. The average molecular weight is 234 g/mol. The third kappa shape index (κ3) is 2.55. The molecular weight excluding hydrogens is 220 g/mol. The van der Waals surface area contributed by atoms with Crippen LogP contribution in [0.1, 0.15) is 25.0 Å². The zero-order valence-corrected chi connectivity index (χ0v) is 9.55. The Balaban J connectivity index is 2.14. The molecule has 0 fully saturated rings. The molecule has 2 N–H and O–H groups in total. The van der Waals surface area contributed by atoms with E-state index >= 15 is 0 Å². The Morgan fingerprint density at radius 1 is 1.53 bits per heavy atom. The summed E-state index contributed by atoms with van der Waals surface area (Å²) < 4.78 is 10.6. The summed E-state index contributed by atoms with van der Waals surface area (Å²) in [4.78, 5) is 15.0. The molecule has 1 aromatic rings. The zero-order valence-electron chi connectivity index (χ0n) is 9.55. The van der Waals surface area contributed by atoms with E-state index in [9.17, 15) is 4.79 Å². The molecule has 1 aliphatic rings. The van der Waals surface area contributed by atoms with Gasteiger partial charge < -0.3 is 15.2 Å². The second-order valence-electron chi connectivity index (χ2n) is 3.71. The lowest BCUT2D eigenvalue weighted by Crippen LogP contribution is -2.14. The second-order valence-corrected chi connectivity index (χ2v) is 3.71. The first-order valence-corrected chi connectivity index (χ1v) is 5.48. The fourth-order valence-electron chi connectivity index (χ4n) is 1.56. The molecule has 1 atom stereocenters. The van der Waals surface area contributed by atoms with E-state index in [1.54, 1.807) is 12.1 Å². The predicted molar refractivity (Wildman–Crippen MR) is 62.7 cm³/mol. The lowest BCUT2D eigenvalue weighted by Gasteiger charge is -2.10. The highest BCUT2D eigenvalue weighted by atomic mass is 16.5. The van der Waals surface area contributed by atoms with E-state index in [1.807, 2.05) is 19.1 Å². The largest absolute Gasteiger partial charge is 0.494 e. The molecule has 5 nitrogen and oxygen atoms in total. The van der Waals surface area contributed by atoms with Crippen molar-refractivity contribution in [3.63, 3.8) is 0 Å². The number of aliphatic imine (C=N–C) groups is 1. The highest BCUT2D eigenvalue weighted by Crippen LogP contribution is 2.26. The number of amidine groups is 1. The first-order valence-electron chi connectivity index (χ1n) is 5.48. The first kappa shape index (κ1) is 11.4. The number of nitrogens with zero attached hydrogens (tertiary/aromatic N) is 1. The van der Waals surface area contributed by atoms with Gasteiger partial charge in [-0.1, -0.05) is 19.1 Å².